The quantitative estimate of drug-likeness (QED) is 0.553. The molecule has 1 unspecified atom stereocenters. The molecule has 3 aromatic rings. The van der Waals surface area contributed by atoms with Crippen molar-refractivity contribution in [1.29, 1.82) is 5.26 Å². The van der Waals surface area contributed by atoms with Crippen LogP contribution in [0.3, 0.4) is 0 Å². The van der Waals surface area contributed by atoms with Crippen LogP contribution in [0.1, 0.15) is 36.0 Å². The maximum absolute atomic E-state index is 13.0. The zero-order valence-corrected chi connectivity index (χ0v) is 20.2. The van der Waals surface area contributed by atoms with E-state index in [2.05, 4.69) is 26.6 Å². The van der Waals surface area contributed by atoms with Crippen molar-refractivity contribution in [1.82, 2.24) is 14.8 Å². The summed E-state index contributed by atoms with van der Waals surface area (Å²) in [5.74, 6) is -0.127. The Labute approximate surface area is 210 Å². The zero-order chi connectivity index (χ0) is 24.9. The number of nitriles is 1. The van der Waals surface area contributed by atoms with Crippen LogP contribution in [-0.2, 0) is 4.79 Å². The van der Waals surface area contributed by atoms with Gasteiger partial charge in [0.2, 0.25) is 5.91 Å². The molecule has 36 heavy (non-hydrogen) atoms. The first-order valence-corrected chi connectivity index (χ1v) is 12.5. The van der Waals surface area contributed by atoms with Gasteiger partial charge in [-0.2, -0.15) is 5.26 Å². The first-order chi connectivity index (χ1) is 17.6. The van der Waals surface area contributed by atoms with Crippen molar-refractivity contribution in [2.75, 3.05) is 36.8 Å². The predicted molar refractivity (Wildman–Crippen MR) is 140 cm³/mol. The highest BCUT2D eigenvalue weighted by atomic mass is 16.2. The van der Waals surface area contributed by atoms with E-state index >= 15 is 0 Å². The Morgan fingerprint density at radius 2 is 1.81 bits per heavy atom. The van der Waals surface area contributed by atoms with E-state index in [0.29, 0.717) is 24.2 Å². The Balaban J connectivity index is 1.22. The minimum atomic E-state index is -0.267. The molecule has 2 N–H and O–H groups in total. The molecule has 2 fully saturated rings. The fourth-order valence-corrected chi connectivity index (χ4v) is 5.14. The number of pyridine rings is 1. The molecule has 2 amide bonds. The Hall–Kier alpha value is -3.96. The van der Waals surface area contributed by atoms with Crippen LogP contribution in [0.4, 0.5) is 11.4 Å². The molecule has 5 rings (SSSR count). The fourth-order valence-electron chi connectivity index (χ4n) is 5.14. The maximum atomic E-state index is 13.0. The number of aromatic nitrogens is 1. The van der Waals surface area contributed by atoms with Crippen LogP contribution in [0.15, 0.2) is 60.8 Å². The second-order valence-electron chi connectivity index (χ2n) is 9.45. The molecular weight excluding hydrogens is 452 g/mol. The molecule has 8 nitrogen and oxygen atoms in total. The predicted octanol–water partition coefficient (Wildman–Crippen LogP) is 3.88. The summed E-state index contributed by atoms with van der Waals surface area (Å²) in [6, 6.07) is 19.3. The second kappa shape index (κ2) is 10.8. The normalized spacial score (nSPS) is 18.6. The van der Waals surface area contributed by atoms with Gasteiger partial charge in [-0.1, -0.05) is 18.2 Å². The average Bonchev–Trinajstić information content (AvgIpc) is 3.40. The van der Waals surface area contributed by atoms with Crippen molar-refractivity contribution in [3.63, 3.8) is 0 Å². The molecular formula is C28H30N6O2. The van der Waals surface area contributed by atoms with Gasteiger partial charge in [-0.25, -0.2) is 0 Å². The largest absolute Gasteiger partial charge is 0.382 e. The molecule has 0 radical (unpaired) electrons. The molecule has 3 heterocycles. The number of fused-ring (bicyclic) bond motifs is 1. The lowest BCUT2D eigenvalue weighted by Crippen LogP contribution is -2.46. The Bertz CT molecular complexity index is 1280. The molecule has 2 aliphatic heterocycles. The number of para-hydroxylation sites is 1. The van der Waals surface area contributed by atoms with Crippen LogP contribution in [0.2, 0.25) is 0 Å². The standard InChI is InChI=1S/C28H30N6O2/c29-18-22-8-5-15-34(22)26(35)19-33-16-12-21(13-17-33)31-25-11-10-24(27-23(25)9-4-14-30-27)28(36)32-20-6-2-1-3-7-20/h1-4,6-7,9-11,14,21-22,31H,5,8,12-13,15-17,19H2,(H,32,36). The number of amides is 2. The number of hydrogen-bond acceptors (Lipinski definition) is 6. The second-order valence-corrected chi connectivity index (χ2v) is 9.45. The van der Waals surface area contributed by atoms with Gasteiger partial charge in [0.25, 0.3) is 5.91 Å². The molecule has 184 valence electrons. The molecule has 1 atom stereocenters. The third-order valence-electron chi connectivity index (χ3n) is 7.07. The first kappa shape index (κ1) is 23.8. The molecule has 2 saturated heterocycles. The van der Waals surface area contributed by atoms with Gasteiger partial charge >= 0.3 is 0 Å². The highest BCUT2D eigenvalue weighted by Crippen LogP contribution is 2.28. The van der Waals surface area contributed by atoms with E-state index < -0.39 is 0 Å². The number of nitrogens with one attached hydrogen (secondary N) is 2. The number of likely N-dealkylation sites (tertiary alicyclic amines) is 2. The topological polar surface area (TPSA) is 101 Å². The summed E-state index contributed by atoms with van der Waals surface area (Å²) < 4.78 is 0. The van der Waals surface area contributed by atoms with Crippen molar-refractivity contribution < 1.29 is 9.59 Å². The molecule has 0 spiro atoms. The molecule has 2 aliphatic rings. The SMILES string of the molecule is N#CC1CCCN1C(=O)CN1CCC(Nc2ccc(C(=O)Nc3ccccc3)c3ncccc23)CC1. The van der Waals surface area contributed by atoms with Crippen LogP contribution in [0.5, 0.6) is 0 Å². The van der Waals surface area contributed by atoms with E-state index in [9.17, 15) is 14.9 Å². The van der Waals surface area contributed by atoms with E-state index in [1.807, 2.05) is 54.6 Å². The molecule has 2 aromatic carbocycles. The minimum absolute atomic E-state index is 0.0619. The van der Waals surface area contributed by atoms with E-state index in [-0.39, 0.29) is 23.9 Å². The molecule has 0 bridgehead atoms. The van der Waals surface area contributed by atoms with E-state index in [4.69, 9.17) is 0 Å². The zero-order valence-electron chi connectivity index (χ0n) is 20.2. The monoisotopic (exact) mass is 482 g/mol. The highest BCUT2D eigenvalue weighted by molar-refractivity contribution is 6.13. The van der Waals surface area contributed by atoms with Crippen molar-refractivity contribution in [3.8, 4) is 6.07 Å². The lowest BCUT2D eigenvalue weighted by Gasteiger charge is -2.33. The van der Waals surface area contributed by atoms with Gasteiger partial charge in [-0.15, -0.1) is 0 Å². The van der Waals surface area contributed by atoms with Crippen molar-refractivity contribution in [2.24, 2.45) is 0 Å². The van der Waals surface area contributed by atoms with Gasteiger partial charge in [0.15, 0.2) is 0 Å². The van der Waals surface area contributed by atoms with Gasteiger partial charge in [0.1, 0.15) is 6.04 Å². The summed E-state index contributed by atoms with van der Waals surface area (Å²) in [7, 11) is 0. The Morgan fingerprint density at radius 3 is 2.58 bits per heavy atom. The number of benzene rings is 2. The third-order valence-corrected chi connectivity index (χ3v) is 7.07. The summed E-state index contributed by atoms with van der Waals surface area (Å²) >= 11 is 0. The highest BCUT2D eigenvalue weighted by Gasteiger charge is 2.30. The van der Waals surface area contributed by atoms with Crippen LogP contribution in [0.25, 0.3) is 10.9 Å². The van der Waals surface area contributed by atoms with Crippen molar-refractivity contribution >= 4 is 34.1 Å². The van der Waals surface area contributed by atoms with Gasteiger partial charge < -0.3 is 15.5 Å². The maximum Gasteiger partial charge on any atom is 0.257 e. The number of piperidine rings is 1. The van der Waals surface area contributed by atoms with E-state index in [1.54, 1.807) is 11.1 Å². The summed E-state index contributed by atoms with van der Waals surface area (Å²) in [5, 5.41) is 16.8. The number of carbonyl (C=O) groups is 2. The lowest BCUT2D eigenvalue weighted by molar-refractivity contribution is -0.132. The van der Waals surface area contributed by atoms with Crippen LogP contribution < -0.4 is 10.6 Å². The van der Waals surface area contributed by atoms with E-state index in [0.717, 1.165) is 55.5 Å². The van der Waals surface area contributed by atoms with Crippen LogP contribution in [-0.4, -0.2) is 64.9 Å². The summed E-state index contributed by atoms with van der Waals surface area (Å²) in [6.45, 7) is 2.71. The van der Waals surface area contributed by atoms with E-state index in [1.165, 1.54) is 0 Å². The minimum Gasteiger partial charge on any atom is -0.382 e. The average molecular weight is 483 g/mol. The third kappa shape index (κ3) is 5.16. The summed E-state index contributed by atoms with van der Waals surface area (Å²) in [5.41, 5.74) is 2.90. The van der Waals surface area contributed by atoms with Crippen molar-refractivity contribution in [2.45, 2.75) is 37.8 Å². The van der Waals surface area contributed by atoms with Crippen molar-refractivity contribution in [3.05, 3.63) is 66.4 Å². The lowest BCUT2D eigenvalue weighted by atomic mass is 10.0. The van der Waals surface area contributed by atoms with Gasteiger partial charge in [0.05, 0.1) is 23.7 Å². The smallest absolute Gasteiger partial charge is 0.257 e. The Morgan fingerprint density at radius 1 is 1.00 bits per heavy atom. The molecule has 8 heteroatoms. The summed E-state index contributed by atoms with van der Waals surface area (Å²) in [4.78, 5) is 34.1. The Kier molecular flexibility index (Phi) is 7.10. The number of anilines is 2. The van der Waals surface area contributed by atoms with Gasteiger partial charge in [-0.05, 0) is 62.1 Å². The molecule has 0 aliphatic carbocycles. The van der Waals surface area contributed by atoms with Crippen LogP contribution in [0, 0.1) is 11.3 Å². The number of rotatable bonds is 6. The first-order valence-electron chi connectivity index (χ1n) is 12.5. The molecule has 1 aromatic heterocycles. The number of nitrogens with zero attached hydrogens (tertiary/aromatic N) is 4. The molecule has 0 saturated carbocycles. The number of carbonyl (C=O) groups excluding carboxylic acids is 2. The fraction of sp³-hybridized carbons (Fsp3) is 0.357. The number of hydrogen-bond donors (Lipinski definition) is 2. The van der Waals surface area contributed by atoms with Crippen LogP contribution >= 0.6 is 0 Å². The summed E-state index contributed by atoms with van der Waals surface area (Å²) in [6.07, 6.45) is 5.22. The van der Waals surface area contributed by atoms with Gasteiger partial charge in [0, 0.05) is 48.6 Å². The van der Waals surface area contributed by atoms with Gasteiger partial charge in [-0.3, -0.25) is 19.5 Å².